The summed E-state index contributed by atoms with van der Waals surface area (Å²) >= 11 is 8.86. The number of thiazole rings is 1. The first-order valence-electron chi connectivity index (χ1n) is 13.2. The molecule has 6 aromatic rings. The van der Waals surface area contributed by atoms with E-state index in [-0.39, 0.29) is 11.8 Å². The highest BCUT2D eigenvalue weighted by Crippen LogP contribution is 2.37. The number of nitrogens with one attached hydrogen (secondary N) is 2. The average Bonchev–Trinajstić information content (AvgIpc) is 3.49. The summed E-state index contributed by atoms with van der Waals surface area (Å²) in [6, 6.07) is 38.3. The Balaban J connectivity index is 1.17. The normalized spacial score (nSPS) is 11.6. The van der Waals surface area contributed by atoms with Gasteiger partial charge in [-0.3, -0.25) is 9.59 Å². The number of carbonyl (C=O) groups is 2. The summed E-state index contributed by atoms with van der Waals surface area (Å²) in [6.45, 7) is 0. The number of benzene rings is 5. The van der Waals surface area contributed by atoms with Crippen LogP contribution in [0.3, 0.4) is 0 Å². The van der Waals surface area contributed by atoms with Gasteiger partial charge in [0.1, 0.15) is 5.25 Å². The van der Waals surface area contributed by atoms with E-state index >= 15 is 0 Å². The van der Waals surface area contributed by atoms with Crippen LogP contribution in [0.4, 0.5) is 10.8 Å². The van der Waals surface area contributed by atoms with Gasteiger partial charge in [-0.15, -0.1) is 23.1 Å². The summed E-state index contributed by atoms with van der Waals surface area (Å²) in [5.41, 5.74) is 3.83. The summed E-state index contributed by atoms with van der Waals surface area (Å²) in [4.78, 5) is 31.8. The number of aromatic nitrogens is 1. The van der Waals surface area contributed by atoms with Crippen LogP contribution in [0, 0.1) is 0 Å². The van der Waals surface area contributed by atoms with Crippen LogP contribution in [0.25, 0.3) is 22.0 Å². The molecule has 0 aliphatic heterocycles. The molecular weight excluding hydrogens is 582 g/mol. The van der Waals surface area contributed by atoms with Crippen LogP contribution in [-0.2, 0) is 4.79 Å². The summed E-state index contributed by atoms with van der Waals surface area (Å²) in [5, 5.41) is 10.7. The van der Waals surface area contributed by atoms with Crippen LogP contribution >= 0.6 is 34.7 Å². The molecule has 2 N–H and O–H groups in total. The highest BCUT2D eigenvalue weighted by molar-refractivity contribution is 8.00. The SMILES string of the molecule is O=C(Nc1ccc(SC(C(=O)Nc2nc(-c3ccc4ccccc4c3)cs2)c2ccccc2)cc1)c1cccc(Cl)c1. The number of hydrogen-bond acceptors (Lipinski definition) is 5. The van der Waals surface area contributed by atoms with Gasteiger partial charge in [-0.05, 0) is 64.9 Å². The molecule has 42 heavy (non-hydrogen) atoms. The zero-order chi connectivity index (χ0) is 28.9. The summed E-state index contributed by atoms with van der Waals surface area (Å²) in [5.74, 6) is -0.408. The molecule has 5 aromatic carbocycles. The van der Waals surface area contributed by atoms with Crippen molar-refractivity contribution in [2.24, 2.45) is 0 Å². The van der Waals surface area contributed by atoms with Gasteiger partial charge in [0, 0.05) is 32.1 Å². The first-order chi connectivity index (χ1) is 20.5. The zero-order valence-electron chi connectivity index (χ0n) is 22.2. The van der Waals surface area contributed by atoms with Crippen molar-refractivity contribution in [1.82, 2.24) is 4.98 Å². The lowest BCUT2D eigenvalue weighted by atomic mass is 10.1. The third kappa shape index (κ3) is 6.55. The Hall–Kier alpha value is -4.43. The summed E-state index contributed by atoms with van der Waals surface area (Å²) in [7, 11) is 0. The average molecular weight is 606 g/mol. The second kappa shape index (κ2) is 12.6. The molecule has 1 aromatic heterocycles. The number of fused-ring (bicyclic) bond motifs is 1. The third-order valence-corrected chi connectivity index (χ3v) is 8.83. The van der Waals surface area contributed by atoms with Crippen molar-refractivity contribution in [3.63, 3.8) is 0 Å². The second-order valence-corrected chi connectivity index (χ2v) is 12.0. The fraction of sp³-hybridized carbons (Fsp3) is 0.0294. The Morgan fingerprint density at radius 1 is 0.762 bits per heavy atom. The van der Waals surface area contributed by atoms with Crippen LogP contribution in [0.1, 0.15) is 21.2 Å². The van der Waals surface area contributed by atoms with Crippen molar-refractivity contribution in [2.75, 3.05) is 10.6 Å². The number of nitrogens with zero attached hydrogens (tertiary/aromatic N) is 1. The van der Waals surface area contributed by atoms with E-state index in [1.807, 2.05) is 78.2 Å². The first-order valence-corrected chi connectivity index (χ1v) is 15.3. The Labute approximate surface area is 256 Å². The van der Waals surface area contributed by atoms with E-state index in [1.165, 1.54) is 28.5 Å². The van der Waals surface area contributed by atoms with E-state index in [0.29, 0.717) is 21.4 Å². The summed E-state index contributed by atoms with van der Waals surface area (Å²) in [6.07, 6.45) is 0. The van der Waals surface area contributed by atoms with Crippen LogP contribution in [0.5, 0.6) is 0 Å². The Morgan fingerprint density at radius 2 is 1.52 bits per heavy atom. The molecule has 0 aliphatic carbocycles. The maximum absolute atomic E-state index is 13.6. The molecule has 0 saturated heterocycles. The molecule has 0 fully saturated rings. The quantitative estimate of drug-likeness (QED) is 0.170. The van der Waals surface area contributed by atoms with Gasteiger partial charge in [0.05, 0.1) is 5.69 Å². The van der Waals surface area contributed by atoms with Gasteiger partial charge in [0.25, 0.3) is 5.91 Å². The molecule has 5 nitrogen and oxygen atoms in total. The van der Waals surface area contributed by atoms with Gasteiger partial charge in [0.2, 0.25) is 5.91 Å². The van der Waals surface area contributed by atoms with Crippen molar-refractivity contribution in [1.29, 1.82) is 0 Å². The smallest absolute Gasteiger partial charge is 0.255 e. The van der Waals surface area contributed by atoms with Crippen molar-refractivity contribution < 1.29 is 9.59 Å². The number of anilines is 2. The lowest BCUT2D eigenvalue weighted by molar-refractivity contribution is -0.115. The van der Waals surface area contributed by atoms with Gasteiger partial charge < -0.3 is 10.6 Å². The molecule has 1 heterocycles. The molecule has 206 valence electrons. The van der Waals surface area contributed by atoms with Crippen LogP contribution in [-0.4, -0.2) is 16.8 Å². The van der Waals surface area contributed by atoms with Crippen molar-refractivity contribution in [2.45, 2.75) is 10.1 Å². The topological polar surface area (TPSA) is 71.1 Å². The standard InChI is InChI=1S/C34H24ClN3O2S2/c35-27-12-6-11-26(20-27)32(39)36-28-15-17-29(18-16-28)42-31(23-8-2-1-3-9-23)33(40)38-34-37-30(21-41-34)25-14-13-22-7-4-5-10-24(22)19-25/h1-21,31H,(H,36,39)(H,37,38,40). The van der Waals surface area contributed by atoms with Crippen molar-refractivity contribution >= 4 is 68.1 Å². The number of amides is 2. The fourth-order valence-corrected chi connectivity index (χ4v) is 6.41. The lowest BCUT2D eigenvalue weighted by Crippen LogP contribution is -2.19. The number of carbonyl (C=O) groups excluding carboxylic acids is 2. The van der Waals surface area contributed by atoms with E-state index < -0.39 is 5.25 Å². The first kappa shape index (κ1) is 27.7. The minimum absolute atomic E-state index is 0.163. The molecule has 0 bridgehead atoms. The van der Waals surface area contributed by atoms with E-state index in [1.54, 1.807) is 24.3 Å². The predicted octanol–water partition coefficient (Wildman–Crippen LogP) is 9.34. The highest BCUT2D eigenvalue weighted by Gasteiger charge is 2.23. The van der Waals surface area contributed by atoms with Crippen molar-refractivity contribution in [3.05, 3.63) is 143 Å². The van der Waals surface area contributed by atoms with Gasteiger partial charge in [0.15, 0.2) is 5.13 Å². The molecule has 0 spiro atoms. The number of rotatable bonds is 8. The second-order valence-electron chi connectivity index (χ2n) is 9.49. The van der Waals surface area contributed by atoms with Gasteiger partial charge >= 0.3 is 0 Å². The van der Waals surface area contributed by atoms with E-state index in [4.69, 9.17) is 16.6 Å². The monoisotopic (exact) mass is 605 g/mol. The Bertz CT molecular complexity index is 1870. The van der Waals surface area contributed by atoms with Crippen LogP contribution in [0.15, 0.2) is 132 Å². The maximum atomic E-state index is 13.6. The van der Waals surface area contributed by atoms with Crippen molar-refractivity contribution in [3.8, 4) is 11.3 Å². The zero-order valence-corrected chi connectivity index (χ0v) is 24.5. The van der Waals surface area contributed by atoms with Crippen LogP contribution in [0.2, 0.25) is 5.02 Å². The van der Waals surface area contributed by atoms with E-state index in [2.05, 4.69) is 34.9 Å². The lowest BCUT2D eigenvalue weighted by Gasteiger charge is -2.16. The minimum Gasteiger partial charge on any atom is -0.322 e. The number of thioether (sulfide) groups is 1. The van der Waals surface area contributed by atoms with E-state index in [9.17, 15) is 9.59 Å². The largest absolute Gasteiger partial charge is 0.322 e. The van der Waals surface area contributed by atoms with Gasteiger partial charge in [-0.25, -0.2) is 4.98 Å². The molecule has 0 saturated carbocycles. The van der Waals surface area contributed by atoms with E-state index in [0.717, 1.165) is 27.1 Å². The third-order valence-electron chi connectivity index (χ3n) is 6.57. The maximum Gasteiger partial charge on any atom is 0.255 e. The van der Waals surface area contributed by atoms with Gasteiger partial charge in [-0.1, -0.05) is 84.4 Å². The number of halogens is 1. The summed E-state index contributed by atoms with van der Waals surface area (Å²) < 4.78 is 0. The van der Waals surface area contributed by atoms with Gasteiger partial charge in [-0.2, -0.15) is 0 Å². The molecule has 6 rings (SSSR count). The minimum atomic E-state index is -0.508. The molecule has 8 heteroatoms. The molecular formula is C34H24ClN3O2S2. The fourth-order valence-electron chi connectivity index (χ4n) is 4.47. The molecule has 0 aliphatic rings. The van der Waals surface area contributed by atoms with Crippen LogP contribution < -0.4 is 10.6 Å². The molecule has 1 unspecified atom stereocenters. The number of hydrogen-bond donors (Lipinski definition) is 2. The highest BCUT2D eigenvalue weighted by atomic mass is 35.5. The molecule has 2 amide bonds. The Kier molecular flexibility index (Phi) is 8.33. The predicted molar refractivity (Wildman–Crippen MR) is 175 cm³/mol. The molecule has 1 atom stereocenters. The Morgan fingerprint density at radius 3 is 2.31 bits per heavy atom. The molecule has 0 radical (unpaired) electrons.